The molecule has 0 spiro atoms. The number of ether oxygens (including phenoxy) is 2. The van der Waals surface area contributed by atoms with Crippen molar-refractivity contribution >= 4 is 21.8 Å². The lowest BCUT2D eigenvalue weighted by atomic mass is 9.82. The first-order valence-corrected chi connectivity index (χ1v) is 10.2. The zero-order chi connectivity index (χ0) is 18.7. The summed E-state index contributed by atoms with van der Waals surface area (Å²) < 4.78 is 38.0. The van der Waals surface area contributed by atoms with E-state index in [-0.39, 0.29) is 41.9 Å². The minimum absolute atomic E-state index is 0.0237. The Morgan fingerprint density at radius 1 is 1.31 bits per heavy atom. The highest BCUT2D eigenvalue weighted by Gasteiger charge is 2.41. The van der Waals surface area contributed by atoms with Gasteiger partial charge in [0.05, 0.1) is 36.8 Å². The lowest BCUT2D eigenvalue weighted by molar-refractivity contribution is -0.128. The molecule has 1 heterocycles. The Morgan fingerprint density at radius 2 is 2.12 bits per heavy atom. The molecule has 26 heavy (non-hydrogen) atoms. The summed E-state index contributed by atoms with van der Waals surface area (Å²) >= 11 is 0. The average Bonchev–Trinajstić information content (AvgIpc) is 2.68. The number of hydrogen-bond acceptors (Lipinski definition) is 6. The normalized spacial score (nSPS) is 25.0. The summed E-state index contributed by atoms with van der Waals surface area (Å²) in [4.78, 5) is 24.1. The van der Waals surface area contributed by atoms with Gasteiger partial charge in [0, 0.05) is 18.9 Å². The molecule has 2 unspecified atom stereocenters. The van der Waals surface area contributed by atoms with Gasteiger partial charge in [-0.1, -0.05) is 12.5 Å². The molecule has 2 atom stereocenters. The number of sulfonamides is 1. The molecule has 0 amide bonds. The zero-order valence-corrected chi connectivity index (χ0v) is 15.5. The lowest BCUT2D eigenvalue weighted by Gasteiger charge is -2.39. The van der Waals surface area contributed by atoms with Crippen molar-refractivity contribution in [1.29, 1.82) is 0 Å². The van der Waals surface area contributed by atoms with Gasteiger partial charge in [0.1, 0.15) is 5.78 Å². The number of Topliss-reactive ketones (excluding diaryl/α,β-unsaturated/α-hetero) is 1. The fourth-order valence-electron chi connectivity index (χ4n) is 3.68. The number of nitrogens with zero attached hydrogens (tertiary/aromatic N) is 1. The molecule has 1 saturated carbocycles. The largest absolute Gasteiger partial charge is 0.465 e. The summed E-state index contributed by atoms with van der Waals surface area (Å²) in [6, 6.07) is 5.29. The second-order valence-corrected chi connectivity index (χ2v) is 8.49. The SMILES string of the molecule is COC(=O)c1cccc(S(=O)(=O)N2CCOCC2C2CCCCC2=O)c1. The molecule has 1 aromatic rings. The van der Waals surface area contributed by atoms with Gasteiger partial charge >= 0.3 is 5.97 Å². The van der Waals surface area contributed by atoms with Crippen LogP contribution in [0.3, 0.4) is 0 Å². The predicted octanol–water partition coefficient (Wildman–Crippen LogP) is 1.62. The molecule has 1 aromatic carbocycles. The second-order valence-electron chi connectivity index (χ2n) is 6.60. The molecule has 1 aliphatic carbocycles. The van der Waals surface area contributed by atoms with Crippen LogP contribution in [0, 0.1) is 5.92 Å². The molecule has 8 heteroatoms. The van der Waals surface area contributed by atoms with Gasteiger partial charge in [-0.3, -0.25) is 4.79 Å². The van der Waals surface area contributed by atoms with E-state index < -0.39 is 22.0 Å². The van der Waals surface area contributed by atoms with Crippen molar-refractivity contribution in [1.82, 2.24) is 4.31 Å². The third kappa shape index (κ3) is 3.67. The predicted molar refractivity (Wildman–Crippen MR) is 93.2 cm³/mol. The van der Waals surface area contributed by atoms with Crippen molar-refractivity contribution < 1.29 is 27.5 Å². The minimum atomic E-state index is -3.85. The van der Waals surface area contributed by atoms with Crippen LogP contribution in [-0.4, -0.2) is 57.4 Å². The van der Waals surface area contributed by atoms with Gasteiger partial charge < -0.3 is 9.47 Å². The lowest BCUT2D eigenvalue weighted by Crippen LogP contribution is -2.54. The first-order chi connectivity index (χ1) is 12.4. The molecule has 0 radical (unpaired) electrons. The van der Waals surface area contributed by atoms with Gasteiger partial charge in [0.25, 0.3) is 0 Å². The molecule has 2 aliphatic rings. The number of carbonyl (C=O) groups is 2. The molecular weight excluding hydrogens is 358 g/mol. The third-order valence-corrected chi connectivity index (χ3v) is 6.96. The van der Waals surface area contributed by atoms with E-state index in [1.165, 1.54) is 35.7 Å². The minimum Gasteiger partial charge on any atom is -0.465 e. The van der Waals surface area contributed by atoms with E-state index in [2.05, 4.69) is 4.74 Å². The van der Waals surface area contributed by atoms with Crippen molar-refractivity contribution in [3.63, 3.8) is 0 Å². The van der Waals surface area contributed by atoms with Crippen molar-refractivity contribution in [3.8, 4) is 0 Å². The maximum atomic E-state index is 13.2. The Bertz CT molecular complexity index is 791. The fourth-order valence-corrected chi connectivity index (χ4v) is 5.35. The number of benzene rings is 1. The molecule has 7 nitrogen and oxygen atoms in total. The highest BCUT2D eigenvalue weighted by molar-refractivity contribution is 7.89. The van der Waals surface area contributed by atoms with E-state index in [9.17, 15) is 18.0 Å². The van der Waals surface area contributed by atoms with E-state index >= 15 is 0 Å². The number of hydrogen-bond donors (Lipinski definition) is 0. The highest BCUT2D eigenvalue weighted by Crippen LogP contribution is 2.31. The van der Waals surface area contributed by atoms with Gasteiger partial charge in [-0.15, -0.1) is 0 Å². The summed E-state index contributed by atoms with van der Waals surface area (Å²) in [5, 5.41) is 0. The van der Waals surface area contributed by atoms with Crippen molar-refractivity contribution in [2.24, 2.45) is 5.92 Å². The summed E-state index contributed by atoms with van der Waals surface area (Å²) in [5.74, 6) is -0.819. The van der Waals surface area contributed by atoms with Crippen LogP contribution in [0.4, 0.5) is 0 Å². The third-order valence-electron chi connectivity index (χ3n) is 5.04. The molecule has 1 saturated heterocycles. The van der Waals surface area contributed by atoms with E-state index in [1.807, 2.05) is 0 Å². The van der Waals surface area contributed by atoms with Crippen LogP contribution in [-0.2, 0) is 24.3 Å². The van der Waals surface area contributed by atoms with Crippen molar-refractivity contribution in [2.45, 2.75) is 36.6 Å². The number of carbonyl (C=O) groups excluding carboxylic acids is 2. The molecule has 3 rings (SSSR count). The van der Waals surface area contributed by atoms with Crippen LogP contribution in [0.15, 0.2) is 29.2 Å². The van der Waals surface area contributed by atoms with Gasteiger partial charge in [0.2, 0.25) is 10.0 Å². The average molecular weight is 381 g/mol. The van der Waals surface area contributed by atoms with Crippen LogP contribution in [0.1, 0.15) is 36.0 Å². The molecule has 0 aromatic heterocycles. The van der Waals surface area contributed by atoms with E-state index in [1.54, 1.807) is 0 Å². The Morgan fingerprint density at radius 3 is 2.85 bits per heavy atom. The summed E-state index contributed by atoms with van der Waals surface area (Å²) in [5.41, 5.74) is 0.173. The maximum absolute atomic E-state index is 13.2. The number of methoxy groups -OCH3 is 1. The maximum Gasteiger partial charge on any atom is 0.337 e. The van der Waals surface area contributed by atoms with Crippen LogP contribution < -0.4 is 0 Å². The summed E-state index contributed by atoms with van der Waals surface area (Å²) in [7, 11) is -2.61. The Hall–Kier alpha value is -1.77. The van der Waals surface area contributed by atoms with Gasteiger partial charge in [-0.05, 0) is 31.0 Å². The van der Waals surface area contributed by atoms with Gasteiger partial charge in [0.15, 0.2) is 0 Å². The molecule has 1 aliphatic heterocycles. The molecular formula is C18H23NO6S. The fraction of sp³-hybridized carbons (Fsp3) is 0.556. The van der Waals surface area contributed by atoms with E-state index in [0.717, 1.165) is 12.8 Å². The van der Waals surface area contributed by atoms with Crippen molar-refractivity contribution in [3.05, 3.63) is 29.8 Å². The molecule has 142 valence electrons. The quantitative estimate of drug-likeness (QED) is 0.736. The van der Waals surface area contributed by atoms with E-state index in [0.29, 0.717) is 12.8 Å². The summed E-state index contributed by atoms with van der Waals surface area (Å²) in [6.45, 7) is 0.693. The van der Waals surface area contributed by atoms with Crippen LogP contribution in [0.5, 0.6) is 0 Å². The number of morpholine rings is 1. The standard InChI is InChI=1S/C18H23NO6S/c1-24-18(21)13-5-4-6-14(11-13)26(22,23)19-9-10-25-12-16(19)15-7-2-3-8-17(15)20/h4-6,11,15-16H,2-3,7-10,12H2,1H3. The van der Waals surface area contributed by atoms with Gasteiger partial charge in [-0.2, -0.15) is 4.31 Å². The molecule has 0 bridgehead atoms. The highest BCUT2D eigenvalue weighted by atomic mass is 32.2. The molecule has 0 N–H and O–H groups in total. The van der Waals surface area contributed by atoms with Crippen molar-refractivity contribution in [2.75, 3.05) is 26.9 Å². The van der Waals surface area contributed by atoms with Crippen LogP contribution in [0.25, 0.3) is 0 Å². The zero-order valence-electron chi connectivity index (χ0n) is 14.7. The smallest absolute Gasteiger partial charge is 0.337 e. The summed E-state index contributed by atoms with van der Waals surface area (Å²) in [6.07, 6.45) is 2.95. The topological polar surface area (TPSA) is 90.0 Å². The Labute approximate surface area is 153 Å². The Kier molecular flexibility index (Phi) is 5.74. The number of ketones is 1. The first kappa shape index (κ1) is 19.0. The van der Waals surface area contributed by atoms with Crippen LogP contribution >= 0.6 is 0 Å². The first-order valence-electron chi connectivity index (χ1n) is 8.76. The second kappa shape index (κ2) is 7.85. The monoisotopic (exact) mass is 381 g/mol. The van der Waals surface area contributed by atoms with Gasteiger partial charge in [-0.25, -0.2) is 13.2 Å². The van der Waals surface area contributed by atoms with Crippen LogP contribution in [0.2, 0.25) is 0 Å². The van der Waals surface area contributed by atoms with E-state index in [4.69, 9.17) is 4.74 Å². The number of esters is 1. The number of rotatable bonds is 4. The molecule has 2 fully saturated rings. The Balaban J connectivity index is 1.93.